The van der Waals surface area contributed by atoms with Gasteiger partial charge in [0, 0.05) is 11.3 Å². The van der Waals surface area contributed by atoms with Crippen molar-refractivity contribution in [2.45, 2.75) is 43.9 Å². The van der Waals surface area contributed by atoms with E-state index in [1.807, 2.05) is 12.1 Å². The smallest absolute Gasteiger partial charge is 0.337 e. The number of benzene rings is 1. The molecule has 0 heterocycles. The number of hydrogen-bond acceptors (Lipinski definition) is 3. The van der Waals surface area contributed by atoms with Gasteiger partial charge in [0.1, 0.15) is 0 Å². The maximum atomic E-state index is 11.3. The molecule has 1 aromatic carbocycles. The molecule has 102 valence electrons. The number of rotatable bonds is 6. The average Bonchev–Trinajstić information content (AvgIpc) is 2.46. The quantitative estimate of drug-likeness (QED) is 0.331. The number of esters is 1. The minimum absolute atomic E-state index is 0.307. The lowest BCUT2D eigenvalue weighted by Crippen LogP contribution is -1.99. The summed E-state index contributed by atoms with van der Waals surface area (Å²) >= 11 is 1.50. The molecule has 0 spiro atoms. The van der Waals surface area contributed by atoms with Crippen molar-refractivity contribution in [2.24, 2.45) is 0 Å². The van der Waals surface area contributed by atoms with E-state index in [0.29, 0.717) is 5.56 Å². The minimum Gasteiger partial charge on any atom is -0.465 e. The standard InChI is InChI=1S/C16H20O2S/c1-3-4-5-6-7-8-13-19-15-11-9-14(10-12-15)16(17)18-2/h9-12H,3-7H2,1-2H3. The molecular formula is C16H20O2S. The number of unbranched alkanes of at least 4 members (excludes halogenated alkanes) is 4. The number of hydrogen-bond donors (Lipinski definition) is 0. The molecule has 0 unspecified atom stereocenters. The summed E-state index contributed by atoms with van der Waals surface area (Å²) in [6.45, 7) is 2.21. The van der Waals surface area contributed by atoms with Crippen molar-refractivity contribution in [3.63, 3.8) is 0 Å². The Balaban J connectivity index is 2.34. The van der Waals surface area contributed by atoms with Crippen LogP contribution in [0.3, 0.4) is 0 Å². The summed E-state index contributed by atoms with van der Waals surface area (Å²) in [6, 6.07) is 7.31. The first kappa shape index (κ1) is 15.7. The maximum absolute atomic E-state index is 11.3. The van der Waals surface area contributed by atoms with Crippen LogP contribution < -0.4 is 0 Å². The van der Waals surface area contributed by atoms with Gasteiger partial charge in [-0.15, -0.1) is 0 Å². The first-order chi connectivity index (χ1) is 9.27. The summed E-state index contributed by atoms with van der Waals surface area (Å²) in [7, 11) is 1.38. The predicted octanol–water partition coefficient (Wildman–Crippen LogP) is 4.50. The van der Waals surface area contributed by atoms with Gasteiger partial charge in [-0.05, 0) is 47.7 Å². The normalized spacial score (nSPS) is 9.58. The number of thioether (sulfide) groups is 1. The average molecular weight is 276 g/mol. The van der Waals surface area contributed by atoms with E-state index in [9.17, 15) is 4.79 Å². The van der Waals surface area contributed by atoms with Gasteiger partial charge < -0.3 is 4.74 Å². The molecule has 0 saturated heterocycles. The Hall–Kier alpha value is -1.40. The molecule has 3 heteroatoms. The van der Waals surface area contributed by atoms with Crippen molar-refractivity contribution >= 4 is 17.7 Å². The van der Waals surface area contributed by atoms with E-state index in [0.717, 1.165) is 11.3 Å². The molecule has 19 heavy (non-hydrogen) atoms. The third-order valence-electron chi connectivity index (χ3n) is 2.67. The molecule has 0 saturated carbocycles. The Bertz CT molecular complexity index is 440. The minimum atomic E-state index is -0.307. The van der Waals surface area contributed by atoms with Gasteiger partial charge >= 0.3 is 5.97 Å². The second kappa shape index (κ2) is 9.52. The van der Waals surface area contributed by atoms with E-state index in [4.69, 9.17) is 0 Å². The van der Waals surface area contributed by atoms with Crippen molar-refractivity contribution in [3.8, 4) is 11.2 Å². The van der Waals surface area contributed by atoms with Crippen LogP contribution in [0.1, 0.15) is 49.4 Å². The van der Waals surface area contributed by atoms with Crippen LogP contribution in [-0.2, 0) is 4.74 Å². The van der Waals surface area contributed by atoms with Crippen molar-refractivity contribution < 1.29 is 9.53 Å². The fourth-order valence-corrected chi connectivity index (χ4v) is 2.13. The highest BCUT2D eigenvalue weighted by Crippen LogP contribution is 2.17. The SMILES string of the molecule is CCCCCCC#CSc1ccc(C(=O)OC)cc1. The molecule has 0 aliphatic carbocycles. The van der Waals surface area contributed by atoms with Crippen LogP contribution in [0.15, 0.2) is 29.2 Å². The molecule has 0 N–H and O–H groups in total. The van der Waals surface area contributed by atoms with E-state index in [1.165, 1.54) is 44.6 Å². The van der Waals surface area contributed by atoms with Gasteiger partial charge in [0.05, 0.1) is 12.7 Å². The van der Waals surface area contributed by atoms with Gasteiger partial charge in [0.25, 0.3) is 0 Å². The zero-order chi connectivity index (χ0) is 13.9. The Morgan fingerprint density at radius 3 is 2.58 bits per heavy atom. The van der Waals surface area contributed by atoms with E-state index < -0.39 is 0 Å². The lowest BCUT2D eigenvalue weighted by atomic mass is 10.2. The number of carbonyl (C=O) groups is 1. The Labute approximate surface area is 119 Å². The van der Waals surface area contributed by atoms with Crippen LogP contribution >= 0.6 is 11.8 Å². The van der Waals surface area contributed by atoms with Crippen LogP contribution in [0.5, 0.6) is 0 Å². The van der Waals surface area contributed by atoms with E-state index in [-0.39, 0.29) is 5.97 Å². The molecule has 0 aromatic heterocycles. The van der Waals surface area contributed by atoms with Gasteiger partial charge in [-0.1, -0.05) is 32.1 Å². The zero-order valence-corrected chi connectivity index (χ0v) is 12.4. The molecule has 2 nitrogen and oxygen atoms in total. The second-order valence-corrected chi connectivity index (χ2v) is 5.09. The van der Waals surface area contributed by atoms with Gasteiger partial charge in [-0.25, -0.2) is 4.79 Å². The van der Waals surface area contributed by atoms with Crippen LogP contribution in [-0.4, -0.2) is 13.1 Å². The molecule has 0 bridgehead atoms. The summed E-state index contributed by atoms with van der Waals surface area (Å²) in [6.07, 6.45) is 5.97. The van der Waals surface area contributed by atoms with Gasteiger partial charge in [0.15, 0.2) is 0 Å². The topological polar surface area (TPSA) is 26.3 Å². The van der Waals surface area contributed by atoms with Gasteiger partial charge in [-0.2, -0.15) is 0 Å². The van der Waals surface area contributed by atoms with Crippen LogP contribution in [0.4, 0.5) is 0 Å². The molecule has 0 atom stereocenters. The third-order valence-corrected chi connectivity index (χ3v) is 3.43. The van der Waals surface area contributed by atoms with Gasteiger partial charge in [-0.3, -0.25) is 0 Å². The highest BCUT2D eigenvalue weighted by Gasteiger charge is 2.03. The molecule has 1 aromatic rings. The van der Waals surface area contributed by atoms with E-state index in [2.05, 4.69) is 22.8 Å². The molecule has 0 fully saturated rings. The molecule has 0 aliphatic heterocycles. The molecule has 0 radical (unpaired) electrons. The van der Waals surface area contributed by atoms with Crippen molar-refractivity contribution in [3.05, 3.63) is 29.8 Å². The molecular weight excluding hydrogens is 256 g/mol. The number of methoxy groups -OCH3 is 1. The van der Waals surface area contributed by atoms with Crippen LogP contribution in [0.2, 0.25) is 0 Å². The number of ether oxygens (including phenoxy) is 1. The molecule has 0 amide bonds. The third kappa shape index (κ3) is 6.35. The monoisotopic (exact) mass is 276 g/mol. The van der Waals surface area contributed by atoms with Crippen LogP contribution in [0.25, 0.3) is 0 Å². The Morgan fingerprint density at radius 2 is 1.95 bits per heavy atom. The second-order valence-electron chi connectivity index (χ2n) is 4.21. The van der Waals surface area contributed by atoms with E-state index in [1.54, 1.807) is 12.1 Å². The number of carbonyl (C=O) groups excluding carboxylic acids is 1. The van der Waals surface area contributed by atoms with Crippen molar-refractivity contribution in [1.29, 1.82) is 0 Å². The first-order valence-electron chi connectivity index (χ1n) is 6.61. The zero-order valence-electron chi connectivity index (χ0n) is 11.6. The predicted molar refractivity (Wildman–Crippen MR) is 80.2 cm³/mol. The fraction of sp³-hybridized carbons (Fsp3) is 0.438. The largest absolute Gasteiger partial charge is 0.465 e. The maximum Gasteiger partial charge on any atom is 0.337 e. The highest BCUT2D eigenvalue weighted by molar-refractivity contribution is 8.03. The molecule has 0 aliphatic rings. The van der Waals surface area contributed by atoms with E-state index >= 15 is 0 Å². The molecule has 1 rings (SSSR count). The summed E-state index contributed by atoms with van der Waals surface area (Å²) in [4.78, 5) is 12.3. The Kier molecular flexibility index (Phi) is 7.84. The lowest BCUT2D eigenvalue weighted by Gasteiger charge is -1.99. The summed E-state index contributed by atoms with van der Waals surface area (Å²) in [5, 5.41) is 3.09. The Morgan fingerprint density at radius 1 is 1.21 bits per heavy atom. The van der Waals surface area contributed by atoms with Crippen molar-refractivity contribution in [1.82, 2.24) is 0 Å². The lowest BCUT2D eigenvalue weighted by molar-refractivity contribution is 0.0600. The first-order valence-corrected chi connectivity index (χ1v) is 7.42. The fourth-order valence-electron chi connectivity index (χ4n) is 1.56. The summed E-state index contributed by atoms with van der Waals surface area (Å²) < 4.78 is 4.65. The highest BCUT2D eigenvalue weighted by atomic mass is 32.2. The van der Waals surface area contributed by atoms with Crippen molar-refractivity contribution in [2.75, 3.05) is 7.11 Å². The van der Waals surface area contributed by atoms with Gasteiger partial charge in [0.2, 0.25) is 0 Å². The summed E-state index contributed by atoms with van der Waals surface area (Å²) in [5.74, 6) is 2.86. The van der Waals surface area contributed by atoms with Crippen LogP contribution in [0, 0.1) is 11.2 Å². The summed E-state index contributed by atoms with van der Waals surface area (Å²) in [5.41, 5.74) is 0.569.